The molecule has 3 N–H and O–H groups in total. The molecule has 90 heavy (non-hydrogen) atoms. The second kappa shape index (κ2) is 60.7. The number of unbranched alkanes of at least 4 members (excludes halogenated alkanes) is 34. The van der Waals surface area contributed by atoms with E-state index >= 15 is 0 Å². The molecule has 0 spiro atoms. The van der Waals surface area contributed by atoms with Crippen molar-refractivity contribution in [2.45, 2.75) is 369 Å². The highest BCUT2D eigenvalue weighted by Crippen LogP contribution is 2.45. The average Bonchev–Trinajstić information content (AvgIpc) is 2.62. The first-order valence-electron chi connectivity index (χ1n) is 36.7. The molecule has 3 unspecified atom stereocenters. The zero-order chi connectivity index (χ0) is 66.8. The summed E-state index contributed by atoms with van der Waals surface area (Å²) in [7, 11) is -9.90. The van der Waals surface area contributed by atoms with Crippen molar-refractivity contribution in [2.75, 3.05) is 39.6 Å². The number of ether oxygens (including phenoxy) is 4. The Kier molecular flexibility index (Phi) is 59.4. The number of phosphoric acid groups is 2. The van der Waals surface area contributed by atoms with E-state index in [4.69, 9.17) is 37.0 Å². The number of carbonyl (C=O) groups excluding carboxylic acids is 4. The minimum Gasteiger partial charge on any atom is -0.462 e. The van der Waals surface area contributed by atoms with E-state index in [-0.39, 0.29) is 25.7 Å². The highest BCUT2D eigenvalue weighted by atomic mass is 31.2. The van der Waals surface area contributed by atoms with Gasteiger partial charge < -0.3 is 33.8 Å². The summed E-state index contributed by atoms with van der Waals surface area (Å²) in [4.78, 5) is 72.5. The maximum absolute atomic E-state index is 13.0. The molecule has 19 heteroatoms. The Hall–Kier alpha value is -1.94. The van der Waals surface area contributed by atoms with Gasteiger partial charge in [-0.05, 0) is 49.4 Å². The van der Waals surface area contributed by atoms with Crippen LogP contribution in [0.25, 0.3) is 0 Å². The smallest absolute Gasteiger partial charge is 0.462 e. The van der Waals surface area contributed by atoms with Crippen molar-refractivity contribution in [3.63, 3.8) is 0 Å². The molecule has 534 valence electrons. The van der Waals surface area contributed by atoms with Crippen molar-refractivity contribution < 1.29 is 80.2 Å². The van der Waals surface area contributed by atoms with Crippen LogP contribution >= 0.6 is 15.6 Å². The zero-order valence-electron chi connectivity index (χ0n) is 58.8. The molecular weight excluding hydrogens is 1190 g/mol. The maximum atomic E-state index is 13.0. The van der Waals surface area contributed by atoms with Gasteiger partial charge >= 0.3 is 39.5 Å². The number of hydrogen-bond acceptors (Lipinski definition) is 15. The van der Waals surface area contributed by atoms with Crippen LogP contribution in [0.15, 0.2) is 0 Å². The lowest BCUT2D eigenvalue weighted by Gasteiger charge is -2.21. The van der Waals surface area contributed by atoms with Crippen LogP contribution in [0.1, 0.15) is 351 Å². The number of aliphatic hydroxyl groups is 1. The summed E-state index contributed by atoms with van der Waals surface area (Å²) in [5.74, 6) is 0.810. The Balaban J connectivity index is 5.23. The second-order valence-corrected chi connectivity index (χ2v) is 30.4. The summed E-state index contributed by atoms with van der Waals surface area (Å²) in [6, 6.07) is 0. The average molecular weight is 1330 g/mol. The van der Waals surface area contributed by atoms with E-state index < -0.39 is 97.5 Å². The fourth-order valence-corrected chi connectivity index (χ4v) is 12.2. The summed E-state index contributed by atoms with van der Waals surface area (Å²) in [5, 5.41) is 10.6. The molecule has 0 aliphatic heterocycles. The lowest BCUT2D eigenvalue weighted by molar-refractivity contribution is -0.161. The topological polar surface area (TPSA) is 237 Å². The summed E-state index contributed by atoms with van der Waals surface area (Å²) in [6.45, 7) is 14.0. The molecule has 0 bridgehead atoms. The Morgan fingerprint density at radius 3 is 0.689 bits per heavy atom. The van der Waals surface area contributed by atoms with Gasteiger partial charge in [-0.3, -0.25) is 37.3 Å². The predicted molar refractivity (Wildman–Crippen MR) is 363 cm³/mol. The third-order valence-corrected chi connectivity index (χ3v) is 18.2. The van der Waals surface area contributed by atoms with Gasteiger partial charge in [0.05, 0.1) is 26.4 Å². The molecule has 0 rings (SSSR count). The largest absolute Gasteiger partial charge is 0.472 e. The number of phosphoric ester groups is 2. The van der Waals surface area contributed by atoms with Gasteiger partial charge in [0.1, 0.15) is 19.3 Å². The molecule has 17 nitrogen and oxygen atoms in total. The van der Waals surface area contributed by atoms with Crippen LogP contribution in [0.2, 0.25) is 0 Å². The highest BCUT2D eigenvalue weighted by molar-refractivity contribution is 7.47. The normalized spacial score (nSPS) is 14.3. The molecule has 0 saturated heterocycles. The molecule has 0 saturated carbocycles. The fourth-order valence-electron chi connectivity index (χ4n) is 10.7. The van der Waals surface area contributed by atoms with Gasteiger partial charge in [0.2, 0.25) is 0 Å². The Labute approximate surface area is 549 Å². The van der Waals surface area contributed by atoms with Crippen molar-refractivity contribution in [3.8, 4) is 0 Å². The summed E-state index contributed by atoms with van der Waals surface area (Å²) in [5.41, 5.74) is 0. The van der Waals surface area contributed by atoms with Crippen molar-refractivity contribution in [2.24, 2.45) is 23.7 Å². The third-order valence-electron chi connectivity index (χ3n) is 16.3. The Morgan fingerprint density at radius 2 is 0.467 bits per heavy atom. The van der Waals surface area contributed by atoms with Crippen LogP contribution in [0.4, 0.5) is 0 Å². The van der Waals surface area contributed by atoms with Crippen LogP contribution in [-0.4, -0.2) is 96.7 Å². The van der Waals surface area contributed by atoms with Crippen molar-refractivity contribution >= 4 is 39.5 Å². The minimum absolute atomic E-state index is 0.101. The SMILES string of the molecule is CC(C)CCCCCCCCCCCCCCCC(=O)OC[C@H](COP(=O)(O)OCC(O)COP(=O)(O)OC[C@@H](COC(=O)CCCCCCCCCC(C)C)OC(=O)CCCCCCCCC(C)C)OC(=O)CCCCCCCCCCCCCCC(C)C. The lowest BCUT2D eigenvalue weighted by Crippen LogP contribution is -2.30. The first-order valence-corrected chi connectivity index (χ1v) is 39.7. The quantitative estimate of drug-likeness (QED) is 0.0222. The van der Waals surface area contributed by atoms with Crippen LogP contribution in [0, 0.1) is 23.7 Å². The van der Waals surface area contributed by atoms with Crippen molar-refractivity contribution in [3.05, 3.63) is 0 Å². The van der Waals surface area contributed by atoms with Gasteiger partial charge in [-0.2, -0.15) is 0 Å². The number of hydrogen-bond donors (Lipinski definition) is 3. The predicted octanol–water partition coefficient (Wildman–Crippen LogP) is 20.1. The van der Waals surface area contributed by atoms with E-state index in [1.165, 1.54) is 148 Å². The number of aliphatic hydroxyl groups excluding tert-OH is 1. The van der Waals surface area contributed by atoms with Crippen LogP contribution in [0.3, 0.4) is 0 Å². The molecule has 0 aromatic rings. The fraction of sp³-hybridized carbons (Fsp3) is 0.944. The van der Waals surface area contributed by atoms with Gasteiger partial charge in [-0.15, -0.1) is 0 Å². The standard InChI is InChI=1S/C71H138O17P2/c1-61(2)47-39-31-23-18-14-10-9-11-16-20-26-35-43-51-68(73)81-57-66(87-70(75)53-45-37-27-21-17-13-12-15-19-24-32-40-48-62(3)4)59-85-89(77,78)83-55-65(72)56-84-90(79,80)86-60-67(88-71(76)54-46-38-30-29-34-42-50-64(7)8)58-82-69(74)52-44-36-28-22-25-33-41-49-63(5)6/h61-67,72H,9-60H2,1-8H3,(H,77,78)(H,79,80)/t65?,66-,67-/m1/s1. The molecule has 0 fully saturated rings. The van der Waals surface area contributed by atoms with Crippen LogP contribution < -0.4 is 0 Å². The molecule has 0 aliphatic carbocycles. The van der Waals surface area contributed by atoms with Crippen molar-refractivity contribution in [1.29, 1.82) is 0 Å². The van der Waals surface area contributed by atoms with Gasteiger partial charge in [0.25, 0.3) is 0 Å². The minimum atomic E-state index is -4.95. The Bertz CT molecular complexity index is 1780. The monoisotopic (exact) mass is 1320 g/mol. The number of esters is 4. The van der Waals surface area contributed by atoms with E-state index in [2.05, 4.69) is 55.4 Å². The van der Waals surface area contributed by atoms with Crippen LogP contribution in [0.5, 0.6) is 0 Å². The first kappa shape index (κ1) is 88.1. The lowest BCUT2D eigenvalue weighted by atomic mass is 10.0. The molecule has 0 aromatic heterocycles. The van der Waals surface area contributed by atoms with Crippen LogP contribution in [-0.2, 0) is 65.4 Å². The molecule has 0 heterocycles. The maximum Gasteiger partial charge on any atom is 0.472 e. The van der Waals surface area contributed by atoms with Gasteiger partial charge in [-0.25, -0.2) is 9.13 Å². The molecule has 0 aliphatic rings. The van der Waals surface area contributed by atoms with E-state index in [9.17, 15) is 43.2 Å². The van der Waals surface area contributed by atoms with E-state index in [1.807, 2.05) is 0 Å². The second-order valence-electron chi connectivity index (χ2n) is 27.5. The molecule has 5 atom stereocenters. The number of rotatable bonds is 68. The van der Waals surface area contributed by atoms with Gasteiger partial charge in [-0.1, -0.05) is 299 Å². The van der Waals surface area contributed by atoms with Gasteiger partial charge in [0, 0.05) is 25.7 Å². The number of carbonyl (C=O) groups is 4. The molecule has 0 aromatic carbocycles. The summed E-state index contributed by atoms with van der Waals surface area (Å²) < 4.78 is 68.3. The zero-order valence-corrected chi connectivity index (χ0v) is 60.6. The molecular formula is C71H138O17P2. The van der Waals surface area contributed by atoms with E-state index in [0.717, 1.165) is 108 Å². The highest BCUT2D eigenvalue weighted by Gasteiger charge is 2.30. The summed E-state index contributed by atoms with van der Waals surface area (Å²) in [6.07, 6.45) is 43.3. The van der Waals surface area contributed by atoms with Gasteiger partial charge in [0.15, 0.2) is 12.2 Å². The Morgan fingerprint density at radius 1 is 0.278 bits per heavy atom. The third kappa shape index (κ3) is 64.8. The van der Waals surface area contributed by atoms with E-state index in [1.54, 1.807) is 0 Å². The summed E-state index contributed by atoms with van der Waals surface area (Å²) >= 11 is 0. The first-order chi connectivity index (χ1) is 43.1. The van der Waals surface area contributed by atoms with E-state index in [0.29, 0.717) is 37.5 Å². The molecule has 0 amide bonds. The molecule has 0 radical (unpaired) electrons. The van der Waals surface area contributed by atoms with Crippen molar-refractivity contribution in [1.82, 2.24) is 0 Å².